The molecular formula is C16H33NO3Si. The van der Waals surface area contributed by atoms with E-state index in [1.807, 2.05) is 0 Å². The lowest BCUT2D eigenvalue weighted by molar-refractivity contribution is -0.223. The van der Waals surface area contributed by atoms with Gasteiger partial charge in [0.2, 0.25) is 0 Å². The van der Waals surface area contributed by atoms with Crippen molar-refractivity contribution in [3.8, 4) is 0 Å². The van der Waals surface area contributed by atoms with Crippen LogP contribution in [0.25, 0.3) is 0 Å². The highest BCUT2D eigenvalue weighted by Crippen LogP contribution is 2.45. The normalized spacial score (nSPS) is 30.0. The van der Waals surface area contributed by atoms with Crippen molar-refractivity contribution in [2.24, 2.45) is 11.7 Å². The Kier molecular flexibility index (Phi) is 5.21. The van der Waals surface area contributed by atoms with Crippen LogP contribution in [-0.2, 0) is 13.9 Å². The molecule has 2 fully saturated rings. The second-order valence-electron chi connectivity index (χ2n) is 8.06. The smallest absolute Gasteiger partial charge is 0.192 e. The number of hydrogen-bond acceptors (Lipinski definition) is 4. The van der Waals surface area contributed by atoms with E-state index in [2.05, 4.69) is 33.9 Å². The minimum absolute atomic E-state index is 0.256. The highest BCUT2D eigenvalue weighted by molar-refractivity contribution is 6.74. The lowest BCUT2D eigenvalue weighted by atomic mass is 9.79. The summed E-state index contributed by atoms with van der Waals surface area (Å²) in [4.78, 5) is 0. The van der Waals surface area contributed by atoms with E-state index in [0.717, 1.165) is 38.9 Å². The molecule has 4 nitrogen and oxygen atoms in total. The van der Waals surface area contributed by atoms with E-state index in [9.17, 15) is 0 Å². The van der Waals surface area contributed by atoms with Crippen molar-refractivity contribution < 1.29 is 13.9 Å². The van der Waals surface area contributed by atoms with Crippen LogP contribution in [0.4, 0.5) is 0 Å². The van der Waals surface area contributed by atoms with Crippen molar-refractivity contribution in [1.82, 2.24) is 0 Å². The van der Waals surface area contributed by atoms with Gasteiger partial charge in [-0.05, 0) is 43.9 Å². The Morgan fingerprint density at radius 2 is 1.86 bits per heavy atom. The summed E-state index contributed by atoms with van der Waals surface area (Å²) in [7, 11) is -1.71. The topological polar surface area (TPSA) is 53.7 Å². The molecule has 1 spiro atoms. The zero-order valence-electron chi connectivity index (χ0n) is 14.4. The molecule has 1 aliphatic heterocycles. The van der Waals surface area contributed by atoms with E-state index in [4.69, 9.17) is 19.6 Å². The maximum Gasteiger partial charge on any atom is 0.192 e. The highest BCUT2D eigenvalue weighted by atomic mass is 28.4. The van der Waals surface area contributed by atoms with Gasteiger partial charge in [0.15, 0.2) is 14.1 Å². The first kappa shape index (κ1) is 17.4. The van der Waals surface area contributed by atoms with Gasteiger partial charge in [-0.2, -0.15) is 0 Å². The second-order valence-corrected chi connectivity index (χ2v) is 12.8. The van der Waals surface area contributed by atoms with Crippen molar-refractivity contribution >= 4 is 8.32 Å². The zero-order chi connectivity index (χ0) is 15.7. The van der Waals surface area contributed by atoms with Crippen LogP contribution in [0.3, 0.4) is 0 Å². The van der Waals surface area contributed by atoms with Crippen molar-refractivity contribution in [3.05, 3.63) is 0 Å². The Hall–Kier alpha value is 0.0569. The molecule has 1 saturated heterocycles. The van der Waals surface area contributed by atoms with Gasteiger partial charge in [0.25, 0.3) is 0 Å². The molecule has 0 aromatic rings. The maximum atomic E-state index is 6.61. The zero-order valence-corrected chi connectivity index (χ0v) is 15.4. The molecule has 0 unspecified atom stereocenters. The quantitative estimate of drug-likeness (QED) is 0.809. The molecule has 0 radical (unpaired) electrons. The molecule has 0 bridgehead atoms. The second kappa shape index (κ2) is 6.28. The van der Waals surface area contributed by atoms with E-state index in [1.54, 1.807) is 0 Å². The fourth-order valence-corrected chi connectivity index (χ4v) is 4.67. The van der Waals surface area contributed by atoms with Crippen LogP contribution in [0.5, 0.6) is 0 Å². The monoisotopic (exact) mass is 315 g/mol. The van der Waals surface area contributed by atoms with E-state index in [-0.39, 0.29) is 10.8 Å². The minimum Gasteiger partial charge on any atom is -0.414 e. The molecule has 0 aromatic heterocycles. The van der Waals surface area contributed by atoms with Crippen LogP contribution in [0.1, 0.15) is 46.5 Å². The fraction of sp³-hybridized carbons (Fsp3) is 1.00. The number of rotatable bonds is 4. The fourth-order valence-electron chi connectivity index (χ4n) is 3.27. The van der Waals surface area contributed by atoms with Crippen molar-refractivity contribution in [2.45, 2.75) is 76.5 Å². The van der Waals surface area contributed by atoms with Crippen LogP contribution in [-0.4, -0.2) is 40.0 Å². The molecule has 2 N–H and O–H groups in total. The van der Waals surface area contributed by atoms with Crippen molar-refractivity contribution in [3.63, 3.8) is 0 Å². The Morgan fingerprint density at radius 1 is 1.24 bits per heavy atom. The molecular weight excluding hydrogens is 282 g/mol. The van der Waals surface area contributed by atoms with Gasteiger partial charge in [0, 0.05) is 18.4 Å². The average Bonchev–Trinajstić information content (AvgIpc) is 2.82. The van der Waals surface area contributed by atoms with Crippen molar-refractivity contribution in [1.29, 1.82) is 0 Å². The lowest BCUT2D eigenvalue weighted by Gasteiger charge is -2.46. The summed E-state index contributed by atoms with van der Waals surface area (Å²) in [5.74, 6) is 0.000607. The Morgan fingerprint density at radius 3 is 2.38 bits per heavy atom. The van der Waals surface area contributed by atoms with Crippen molar-refractivity contribution in [2.75, 3.05) is 19.8 Å². The summed E-state index contributed by atoms with van der Waals surface area (Å²) in [6.07, 6.45) is 4.28. The third-order valence-corrected chi connectivity index (χ3v) is 10.1. The molecule has 2 aliphatic rings. The number of hydrogen-bond donors (Lipinski definition) is 1. The summed E-state index contributed by atoms with van der Waals surface area (Å²) in [5.41, 5.74) is 5.81. The van der Waals surface area contributed by atoms with Gasteiger partial charge in [0.1, 0.15) is 0 Å². The van der Waals surface area contributed by atoms with E-state index in [0.29, 0.717) is 18.6 Å². The Bertz CT molecular complexity index is 348. The molecule has 21 heavy (non-hydrogen) atoms. The summed E-state index contributed by atoms with van der Waals surface area (Å²) in [6.45, 7) is 13.7. The molecule has 2 rings (SSSR count). The first-order valence-corrected chi connectivity index (χ1v) is 11.3. The van der Waals surface area contributed by atoms with Crippen LogP contribution in [0.15, 0.2) is 0 Å². The molecule has 2 atom stereocenters. The van der Waals surface area contributed by atoms with Gasteiger partial charge in [-0.1, -0.05) is 20.8 Å². The van der Waals surface area contributed by atoms with Gasteiger partial charge < -0.3 is 19.6 Å². The molecule has 1 aliphatic carbocycles. The number of nitrogens with two attached hydrogens (primary N) is 1. The standard InChI is InChI=1S/C16H33NO3Si/c1-15(2,3)21(4,5)20-14-6-8-16(18-10-11-19-16)13(12-14)7-9-17/h13-14H,6-12,17H2,1-5H3/t13-,14+/m1/s1. The van der Waals surface area contributed by atoms with E-state index >= 15 is 0 Å². The van der Waals surface area contributed by atoms with Gasteiger partial charge in [0.05, 0.1) is 13.2 Å². The van der Waals surface area contributed by atoms with E-state index < -0.39 is 8.32 Å². The van der Waals surface area contributed by atoms with Crippen LogP contribution >= 0.6 is 0 Å². The molecule has 5 heteroatoms. The highest BCUT2D eigenvalue weighted by Gasteiger charge is 2.49. The largest absolute Gasteiger partial charge is 0.414 e. The maximum absolute atomic E-state index is 6.61. The van der Waals surface area contributed by atoms with Gasteiger partial charge in [-0.3, -0.25) is 0 Å². The molecule has 1 saturated carbocycles. The third-order valence-electron chi connectivity index (χ3n) is 5.54. The average molecular weight is 316 g/mol. The molecule has 1 heterocycles. The molecule has 124 valence electrons. The van der Waals surface area contributed by atoms with E-state index in [1.165, 1.54) is 0 Å². The number of ether oxygens (including phenoxy) is 2. The molecule has 0 aromatic carbocycles. The van der Waals surface area contributed by atoms with Gasteiger partial charge in [-0.25, -0.2) is 0 Å². The van der Waals surface area contributed by atoms with Gasteiger partial charge in [-0.15, -0.1) is 0 Å². The Balaban J connectivity index is 2.02. The Labute approximate surface area is 130 Å². The summed E-state index contributed by atoms with van der Waals surface area (Å²) in [5, 5.41) is 0.256. The lowest BCUT2D eigenvalue weighted by Crippen LogP contribution is -2.50. The van der Waals surface area contributed by atoms with Crippen LogP contribution in [0.2, 0.25) is 18.1 Å². The van der Waals surface area contributed by atoms with Crippen LogP contribution in [0, 0.1) is 5.92 Å². The minimum atomic E-state index is -1.71. The van der Waals surface area contributed by atoms with Crippen LogP contribution < -0.4 is 5.73 Å². The SMILES string of the molecule is CC(C)(C)[Si](C)(C)O[C@H]1CCC2(OCCO2)[C@H](CCN)C1. The summed E-state index contributed by atoms with van der Waals surface area (Å²) >= 11 is 0. The third kappa shape index (κ3) is 3.70. The predicted molar refractivity (Wildman–Crippen MR) is 87.7 cm³/mol. The summed E-state index contributed by atoms with van der Waals surface area (Å²) in [6, 6.07) is 0. The predicted octanol–water partition coefficient (Wildman–Crippen LogP) is 3.27. The molecule has 0 amide bonds. The first-order chi connectivity index (χ1) is 9.70. The van der Waals surface area contributed by atoms with Gasteiger partial charge >= 0.3 is 0 Å². The summed E-state index contributed by atoms with van der Waals surface area (Å²) < 4.78 is 18.6. The first-order valence-electron chi connectivity index (χ1n) is 8.36.